The van der Waals surface area contributed by atoms with Gasteiger partial charge in [0.25, 0.3) is 0 Å². The normalized spacial score (nSPS) is 23.3. The van der Waals surface area contributed by atoms with Crippen LogP contribution in [0.25, 0.3) is 0 Å². The number of carbonyl (C=O) groups excluding carboxylic acids is 3. The quantitative estimate of drug-likeness (QED) is 0.576. The van der Waals surface area contributed by atoms with Crippen molar-refractivity contribution in [2.45, 2.75) is 57.6 Å². The number of nitrogens with zero attached hydrogens (tertiary/aromatic N) is 5. The summed E-state index contributed by atoms with van der Waals surface area (Å²) in [5.41, 5.74) is 2.46. The van der Waals surface area contributed by atoms with Crippen molar-refractivity contribution < 1.29 is 19.1 Å². The third-order valence-corrected chi connectivity index (χ3v) is 8.47. The van der Waals surface area contributed by atoms with Crippen molar-refractivity contribution in [2.24, 2.45) is 18.9 Å². The first-order valence-corrected chi connectivity index (χ1v) is 13.8. The van der Waals surface area contributed by atoms with Crippen LogP contribution in [0.4, 0.5) is 0 Å². The Labute approximate surface area is 227 Å². The van der Waals surface area contributed by atoms with Gasteiger partial charge in [0.1, 0.15) is 18.1 Å². The molecule has 1 saturated carbocycles. The number of amides is 3. The summed E-state index contributed by atoms with van der Waals surface area (Å²) in [6.45, 7) is 1.72. The van der Waals surface area contributed by atoms with Gasteiger partial charge in [-0.25, -0.2) is 0 Å². The summed E-state index contributed by atoms with van der Waals surface area (Å²) in [6, 6.07) is 3.24. The number of fused-ring (bicyclic) bond motifs is 1. The van der Waals surface area contributed by atoms with Gasteiger partial charge in [-0.1, -0.05) is 29.7 Å². The molecule has 1 saturated heterocycles. The SMILES string of the molecule is CNC(=O)[C@@H]1CCCCC1C(=O)N1CCc2c(Cl)ccc(OCc3cn(C)nn3)c2[C@H]1CN1CCCC1=O. The molecule has 1 aliphatic carbocycles. The fraction of sp³-hybridized carbons (Fsp3) is 0.593. The number of aromatic nitrogens is 3. The number of rotatable bonds is 7. The van der Waals surface area contributed by atoms with Gasteiger partial charge in [-0.3, -0.25) is 19.1 Å². The van der Waals surface area contributed by atoms with Crippen LogP contribution < -0.4 is 10.1 Å². The third kappa shape index (κ3) is 5.23. The molecule has 11 heteroatoms. The zero-order valence-corrected chi connectivity index (χ0v) is 22.7. The maximum Gasteiger partial charge on any atom is 0.227 e. The highest BCUT2D eigenvalue weighted by Gasteiger charge is 2.43. The fourth-order valence-corrected chi connectivity index (χ4v) is 6.48. The minimum absolute atomic E-state index is 0.0274. The first kappa shape index (κ1) is 26.5. The van der Waals surface area contributed by atoms with Crippen LogP contribution in [0.15, 0.2) is 18.3 Å². The summed E-state index contributed by atoms with van der Waals surface area (Å²) in [7, 11) is 3.42. The molecule has 3 amide bonds. The van der Waals surface area contributed by atoms with Crippen LogP contribution in [-0.2, 0) is 34.5 Å². The largest absolute Gasteiger partial charge is 0.487 e. The molecule has 10 nitrogen and oxygen atoms in total. The number of benzene rings is 1. The van der Waals surface area contributed by atoms with Crippen molar-refractivity contribution in [1.29, 1.82) is 0 Å². The predicted octanol–water partition coefficient (Wildman–Crippen LogP) is 2.65. The second-order valence-electron chi connectivity index (χ2n) is 10.5. The van der Waals surface area contributed by atoms with Crippen molar-refractivity contribution in [1.82, 2.24) is 30.1 Å². The third-order valence-electron chi connectivity index (χ3n) is 8.11. The Hall–Kier alpha value is -3.14. The molecule has 1 aromatic heterocycles. The van der Waals surface area contributed by atoms with Crippen LogP contribution in [0.5, 0.6) is 5.75 Å². The molecular formula is C27H35ClN6O4. The van der Waals surface area contributed by atoms with Crippen LogP contribution in [0.3, 0.4) is 0 Å². The Morgan fingerprint density at radius 1 is 1.13 bits per heavy atom. The van der Waals surface area contributed by atoms with Gasteiger partial charge in [0.05, 0.1) is 12.2 Å². The van der Waals surface area contributed by atoms with E-state index in [9.17, 15) is 14.4 Å². The smallest absolute Gasteiger partial charge is 0.227 e. The minimum Gasteiger partial charge on any atom is -0.487 e. The second-order valence-corrected chi connectivity index (χ2v) is 10.9. The van der Waals surface area contributed by atoms with E-state index in [1.54, 1.807) is 25.0 Å². The predicted molar refractivity (Wildman–Crippen MR) is 140 cm³/mol. The lowest BCUT2D eigenvalue weighted by Crippen LogP contribution is -2.50. The Morgan fingerprint density at radius 3 is 2.61 bits per heavy atom. The van der Waals surface area contributed by atoms with Crippen molar-refractivity contribution in [2.75, 3.05) is 26.7 Å². The maximum absolute atomic E-state index is 14.2. The van der Waals surface area contributed by atoms with Gasteiger partial charge >= 0.3 is 0 Å². The maximum atomic E-state index is 14.2. The highest BCUT2D eigenvalue weighted by Crippen LogP contribution is 2.43. The lowest BCUT2D eigenvalue weighted by molar-refractivity contribution is -0.147. The van der Waals surface area contributed by atoms with E-state index in [0.29, 0.717) is 61.8 Å². The molecule has 38 heavy (non-hydrogen) atoms. The molecule has 2 aliphatic heterocycles. The Morgan fingerprint density at radius 2 is 1.92 bits per heavy atom. The van der Waals surface area contributed by atoms with E-state index in [1.165, 1.54) is 0 Å². The number of nitrogens with one attached hydrogen (secondary N) is 1. The first-order valence-electron chi connectivity index (χ1n) is 13.5. The molecule has 1 N–H and O–H groups in total. The standard InChI is InChI=1S/C27H35ClN6O4/c1-29-26(36)18-6-3-4-7-19(18)27(37)34-13-11-20-21(28)9-10-23(38-16-17-14-32(2)31-30-17)25(20)22(34)15-33-12-5-8-24(33)35/h9-10,14,18-19,22H,3-8,11-13,15-16H2,1-2H3,(H,29,36)/t18-,19?,22-/m1/s1. The van der Waals surface area contributed by atoms with Gasteiger partial charge in [-0.2, -0.15) is 0 Å². The number of ether oxygens (including phenoxy) is 1. The molecule has 2 aromatic rings. The van der Waals surface area contributed by atoms with E-state index >= 15 is 0 Å². The van der Waals surface area contributed by atoms with E-state index in [4.69, 9.17) is 16.3 Å². The van der Waals surface area contributed by atoms with E-state index in [2.05, 4.69) is 15.6 Å². The highest BCUT2D eigenvalue weighted by molar-refractivity contribution is 6.31. The Balaban J connectivity index is 1.51. The van der Waals surface area contributed by atoms with Crippen LogP contribution in [-0.4, -0.2) is 69.2 Å². The van der Waals surface area contributed by atoms with E-state index in [1.807, 2.05) is 21.9 Å². The summed E-state index contributed by atoms with van der Waals surface area (Å²) < 4.78 is 7.87. The lowest BCUT2D eigenvalue weighted by atomic mass is 9.77. The van der Waals surface area contributed by atoms with Gasteiger partial charge in [-0.15, -0.1) is 5.10 Å². The number of aryl methyl sites for hydroxylation is 1. The van der Waals surface area contributed by atoms with Crippen molar-refractivity contribution in [3.63, 3.8) is 0 Å². The molecule has 1 aromatic carbocycles. The summed E-state index contributed by atoms with van der Waals surface area (Å²) in [4.78, 5) is 43.3. The van der Waals surface area contributed by atoms with Crippen molar-refractivity contribution in [3.8, 4) is 5.75 Å². The molecule has 3 aliphatic rings. The van der Waals surface area contributed by atoms with Crippen molar-refractivity contribution in [3.05, 3.63) is 40.2 Å². The van der Waals surface area contributed by atoms with Gasteiger partial charge < -0.3 is 19.9 Å². The molecule has 3 atom stereocenters. The summed E-state index contributed by atoms with van der Waals surface area (Å²) >= 11 is 6.69. The highest BCUT2D eigenvalue weighted by atomic mass is 35.5. The molecular weight excluding hydrogens is 508 g/mol. The Bertz CT molecular complexity index is 1220. The van der Waals surface area contributed by atoms with Crippen molar-refractivity contribution >= 4 is 29.3 Å². The Kier molecular flexibility index (Phi) is 7.88. The van der Waals surface area contributed by atoms with Gasteiger partial charge in [0.15, 0.2) is 0 Å². The second kappa shape index (κ2) is 11.3. The topological polar surface area (TPSA) is 110 Å². The summed E-state index contributed by atoms with van der Waals surface area (Å²) in [6.07, 6.45) is 6.92. The number of hydrogen-bond acceptors (Lipinski definition) is 6. The van der Waals surface area contributed by atoms with E-state index in [0.717, 1.165) is 30.4 Å². The fourth-order valence-electron chi connectivity index (χ4n) is 6.22. The molecule has 0 bridgehead atoms. The summed E-state index contributed by atoms with van der Waals surface area (Å²) in [5, 5.41) is 11.5. The van der Waals surface area contributed by atoms with Gasteiger partial charge in [0, 0.05) is 62.6 Å². The first-order chi connectivity index (χ1) is 18.4. The van der Waals surface area contributed by atoms with Crippen LogP contribution in [0.2, 0.25) is 5.02 Å². The molecule has 3 heterocycles. The number of halogens is 1. The number of likely N-dealkylation sites (tertiary alicyclic amines) is 1. The molecule has 5 rings (SSSR count). The molecule has 0 spiro atoms. The average Bonchev–Trinajstić information content (AvgIpc) is 3.54. The zero-order chi connectivity index (χ0) is 26.8. The number of hydrogen-bond donors (Lipinski definition) is 1. The molecule has 1 unspecified atom stereocenters. The van der Waals surface area contributed by atoms with Crippen LogP contribution in [0, 0.1) is 11.8 Å². The molecule has 204 valence electrons. The lowest BCUT2D eigenvalue weighted by Gasteiger charge is -2.43. The average molecular weight is 543 g/mol. The molecule has 0 radical (unpaired) electrons. The van der Waals surface area contributed by atoms with E-state index in [-0.39, 0.29) is 36.2 Å². The van der Waals surface area contributed by atoms with E-state index < -0.39 is 6.04 Å². The monoisotopic (exact) mass is 542 g/mol. The minimum atomic E-state index is -0.420. The van der Waals surface area contributed by atoms with Crippen LogP contribution in [0.1, 0.15) is 61.4 Å². The zero-order valence-electron chi connectivity index (χ0n) is 22.0. The molecule has 2 fully saturated rings. The van der Waals surface area contributed by atoms with Crippen LogP contribution >= 0.6 is 11.6 Å². The van der Waals surface area contributed by atoms with Gasteiger partial charge in [-0.05, 0) is 43.4 Å². The number of carbonyl (C=O) groups is 3. The summed E-state index contributed by atoms with van der Waals surface area (Å²) in [5.74, 6) is -0.123. The van der Waals surface area contributed by atoms with Gasteiger partial charge in [0.2, 0.25) is 17.7 Å².